The molecule has 0 bridgehead atoms. The Morgan fingerprint density at radius 1 is 1.44 bits per heavy atom. The minimum atomic E-state index is -0.392. The fourth-order valence-corrected chi connectivity index (χ4v) is 2.61. The van der Waals surface area contributed by atoms with Crippen molar-refractivity contribution in [2.75, 3.05) is 0 Å². The van der Waals surface area contributed by atoms with Crippen LogP contribution in [0.15, 0.2) is 34.4 Å². The molecule has 0 radical (unpaired) electrons. The minimum absolute atomic E-state index is 0.0899. The molecule has 18 heavy (non-hydrogen) atoms. The van der Waals surface area contributed by atoms with E-state index in [0.717, 1.165) is 10.4 Å². The highest BCUT2D eigenvalue weighted by molar-refractivity contribution is 9.10. The quantitative estimate of drug-likeness (QED) is 0.676. The van der Waals surface area contributed by atoms with Gasteiger partial charge in [0, 0.05) is 30.2 Å². The van der Waals surface area contributed by atoms with E-state index in [4.69, 9.17) is 0 Å². The van der Waals surface area contributed by atoms with Crippen LogP contribution in [-0.2, 0) is 13.1 Å². The van der Waals surface area contributed by atoms with Gasteiger partial charge >= 0.3 is 0 Å². The van der Waals surface area contributed by atoms with Crippen LogP contribution in [0.2, 0.25) is 0 Å². The van der Waals surface area contributed by atoms with Gasteiger partial charge < -0.3 is 5.32 Å². The lowest BCUT2D eigenvalue weighted by atomic mass is 10.2. The van der Waals surface area contributed by atoms with Gasteiger partial charge in [-0.2, -0.15) is 0 Å². The minimum Gasteiger partial charge on any atom is -0.308 e. The third-order valence-electron chi connectivity index (χ3n) is 2.35. The molecular weight excluding hydrogens is 318 g/mol. The van der Waals surface area contributed by atoms with Crippen LogP contribution in [0, 0.1) is 10.1 Å². The van der Waals surface area contributed by atoms with Gasteiger partial charge in [0.15, 0.2) is 0 Å². The van der Waals surface area contributed by atoms with Gasteiger partial charge in [-0.3, -0.25) is 15.1 Å². The number of nitro groups is 1. The van der Waals surface area contributed by atoms with Crippen LogP contribution in [-0.4, -0.2) is 9.91 Å². The molecule has 1 heterocycles. The summed E-state index contributed by atoms with van der Waals surface area (Å²) in [5, 5.41) is 14.0. The number of thiazole rings is 1. The topological polar surface area (TPSA) is 68.1 Å². The Labute approximate surface area is 116 Å². The van der Waals surface area contributed by atoms with Crippen LogP contribution >= 0.6 is 27.3 Å². The first kappa shape index (κ1) is 13.1. The average Bonchev–Trinajstić information content (AvgIpc) is 2.84. The Morgan fingerprint density at radius 3 is 2.94 bits per heavy atom. The second kappa shape index (κ2) is 6.03. The number of hydrogen-bond donors (Lipinski definition) is 1. The van der Waals surface area contributed by atoms with E-state index in [2.05, 4.69) is 26.2 Å². The maximum atomic E-state index is 10.8. The predicted molar refractivity (Wildman–Crippen MR) is 73.5 cm³/mol. The Kier molecular flexibility index (Phi) is 4.40. The van der Waals surface area contributed by atoms with Gasteiger partial charge in [0.1, 0.15) is 0 Å². The van der Waals surface area contributed by atoms with Crippen LogP contribution in [0.25, 0.3) is 0 Å². The summed E-state index contributed by atoms with van der Waals surface area (Å²) in [5.41, 5.74) is 2.74. The van der Waals surface area contributed by atoms with E-state index < -0.39 is 4.92 Å². The van der Waals surface area contributed by atoms with Gasteiger partial charge in [0.2, 0.25) is 0 Å². The monoisotopic (exact) mass is 327 g/mol. The molecule has 0 amide bonds. The highest BCUT2D eigenvalue weighted by Gasteiger charge is 2.14. The lowest BCUT2D eigenvalue weighted by molar-refractivity contribution is -0.385. The maximum Gasteiger partial charge on any atom is 0.283 e. The fourth-order valence-electron chi connectivity index (χ4n) is 1.49. The molecule has 1 aromatic heterocycles. The van der Waals surface area contributed by atoms with Crippen LogP contribution in [0.5, 0.6) is 0 Å². The first-order chi connectivity index (χ1) is 8.68. The molecule has 2 rings (SSSR count). The number of nitrogens with one attached hydrogen (secondary N) is 1. The Hall–Kier alpha value is -1.31. The standard InChI is InChI=1S/C11H10BrN3O2S/c12-11-8(2-1-3-10(11)15(16)17)4-13-5-9-6-14-7-18-9/h1-3,6-7,13H,4-5H2. The van der Waals surface area contributed by atoms with Gasteiger partial charge in [-0.1, -0.05) is 12.1 Å². The van der Waals surface area contributed by atoms with Crippen LogP contribution in [0.3, 0.4) is 0 Å². The van der Waals surface area contributed by atoms with Crippen molar-refractivity contribution in [1.82, 2.24) is 10.3 Å². The van der Waals surface area contributed by atoms with Gasteiger partial charge in [-0.25, -0.2) is 0 Å². The normalized spacial score (nSPS) is 10.5. The van der Waals surface area contributed by atoms with E-state index in [0.29, 0.717) is 17.6 Å². The van der Waals surface area contributed by atoms with Crippen molar-refractivity contribution in [1.29, 1.82) is 0 Å². The molecule has 0 saturated carbocycles. The van der Waals surface area contributed by atoms with E-state index in [9.17, 15) is 10.1 Å². The molecule has 7 heteroatoms. The number of nitro benzene ring substituents is 1. The lowest BCUT2D eigenvalue weighted by Crippen LogP contribution is -2.12. The molecule has 0 aliphatic heterocycles. The third kappa shape index (κ3) is 3.12. The van der Waals surface area contributed by atoms with Gasteiger partial charge in [-0.15, -0.1) is 11.3 Å². The zero-order chi connectivity index (χ0) is 13.0. The van der Waals surface area contributed by atoms with Crippen LogP contribution in [0.4, 0.5) is 5.69 Å². The van der Waals surface area contributed by atoms with Gasteiger partial charge in [0.25, 0.3) is 5.69 Å². The summed E-state index contributed by atoms with van der Waals surface area (Å²) in [5.74, 6) is 0. The Morgan fingerprint density at radius 2 is 2.28 bits per heavy atom. The number of nitrogens with zero attached hydrogens (tertiary/aromatic N) is 2. The summed E-state index contributed by atoms with van der Waals surface area (Å²) in [6, 6.07) is 5.03. The maximum absolute atomic E-state index is 10.8. The first-order valence-corrected chi connectivity index (χ1v) is 6.85. The molecule has 0 fully saturated rings. The van der Waals surface area contributed by atoms with Crippen LogP contribution < -0.4 is 5.32 Å². The predicted octanol–water partition coefficient (Wildman–Crippen LogP) is 3.10. The molecule has 0 aliphatic rings. The lowest BCUT2D eigenvalue weighted by Gasteiger charge is -2.06. The van der Waals surface area contributed by atoms with E-state index in [-0.39, 0.29) is 5.69 Å². The second-order valence-corrected chi connectivity index (χ2v) is 5.34. The highest BCUT2D eigenvalue weighted by atomic mass is 79.9. The molecule has 0 spiro atoms. The molecule has 2 aromatic rings. The van der Waals surface area contributed by atoms with Crippen molar-refractivity contribution in [3.8, 4) is 0 Å². The highest BCUT2D eigenvalue weighted by Crippen LogP contribution is 2.28. The van der Waals surface area contributed by atoms with Crippen molar-refractivity contribution in [2.45, 2.75) is 13.1 Å². The number of halogens is 1. The van der Waals surface area contributed by atoms with Gasteiger partial charge in [-0.05, 0) is 21.5 Å². The average molecular weight is 328 g/mol. The molecule has 0 unspecified atom stereocenters. The fraction of sp³-hybridized carbons (Fsp3) is 0.182. The van der Waals surface area contributed by atoms with E-state index in [1.807, 2.05) is 6.07 Å². The largest absolute Gasteiger partial charge is 0.308 e. The molecule has 0 atom stereocenters. The van der Waals surface area contributed by atoms with E-state index >= 15 is 0 Å². The molecule has 1 N–H and O–H groups in total. The summed E-state index contributed by atoms with van der Waals surface area (Å²) < 4.78 is 0.534. The summed E-state index contributed by atoms with van der Waals surface area (Å²) in [6.07, 6.45) is 1.81. The molecule has 0 saturated heterocycles. The molecule has 5 nitrogen and oxygen atoms in total. The zero-order valence-electron chi connectivity index (χ0n) is 9.30. The number of hydrogen-bond acceptors (Lipinski definition) is 5. The molecule has 1 aromatic carbocycles. The van der Waals surface area contributed by atoms with Crippen molar-refractivity contribution < 1.29 is 4.92 Å². The zero-order valence-corrected chi connectivity index (χ0v) is 11.7. The van der Waals surface area contributed by atoms with Crippen molar-refractivity contribution >= 4 is 33.0 Å². The van der Waals surface area contributed by atoms with Crippen molar-refractivity contribution in [3.63, 3.8) is 0 Å². The first-order valence-electron chi connectivity index (χ1n) is 5.18. The molecule has 0 aliphatic carbocycles. The van der Waals surface area contributed by atoms with Crippen molar-refractivity contribution in [2.24, 2.45) is 0 Å². The summed E-state index contributed by atoms with van der Waals surface area (Å²) in [7, 11) is 0. The smallest absolute Gasteiger partial charge is 0.283 e. The van der Waals surface area contributed by atoms with Gasteiger partial charge in [0.05, 0.1) is 14.9 Å². The Bertz CT molecular complexity index is 545. The second-order valence-electron chi connectivity index (χ2n) is 3.58. The summed E-state index contributed by atoms with van der Waals surface area (Å²) in [4.78, 5) is 15.5. The third-order valence-corrected chi connectivity index (χ3v) is 4.05. The van der Waals surface area contributed by atoms with Crippen molar-refractivity contribution in [3.05, 3.63) is 54.9 Å². The number of rotatable bonds is 5. The molecular formula is C11H10BrN3O2S. The SMILES string of the molecule is O=[N+]([O-])c1cccc(CNCc2cncs2)c1Br. The summed E-state index contributed by atoms with van der Waals surface area (Å²) >= 11 is 4.85. The molecule has 94 valence electrons. The number of benzene rings is 1. The van der Waals surface area contributed by atoms with E-state index in [1.165, 1.54) is 6.07 Å². The van der Waals surface area contributed by atoms with Crippen LogP contribution in [0.1, 0.15) is 10.4 Å². The van der Waals surface area contributed by atoms with E-state index in [1.54, 1.807) is 29.1 Å². The Balaban J connectivity index is 2.01. The summed E-state index contributed by atoms with van der Waals surface area (Å²) in [6.45, 7) is 1.28. The number of aromatic nitrogens is 1.